The highest BCUT2D eigenvalue weighted by Crippen LogP contribution is 2.39. The van der Waals surface area contributed by atoms with Gasteiger partial charge in [0.2, 0.25) is 5.91 Å². The maximum Gasteiger partial charge on any atom is 0.235 e. The van der Waals surface area contributed by atoms with Crippen LogP contribution in [0, 0.1) is 12.8 Å². The normalized spacial score (nSPS) is 18.0. The van der Waals surface area contributed by atoms with Gasteiger partial charge in [-0.1, -0.05) is 29.3 Å². The predicted octanol–water partition coefficient (Wildman–Crippen LogP) is 4.22. The minimum atomic E-state index is -0.598. The van der Waals surface area contributed by atoms with Crippen LogP contribution in [0.1, 0.15) is 24.2 Å². The van der Waals surface area contributed by atoms with Crippen LogP contribution in [0.3, 0.4) is 0 Å². The molecule has 10 heteroatoms. The summed E-state index contributed by atoms with van der Waals surface area (Å²) in [5, 5.41) is 15.8. The average molecular weight is 446 g/mol. The summed E-state index contributed by atoms with van der Waals surface area (Å²) < 4.78 is 3.43. The second-order valence-corrected chi connectivity index (χ2v) is 7.97. The lowest BCUT2D eigenvalue weighted by Gasteiger charge is -2.31. The molecule has 0 fully saturated rings. The fourth-order valence-corrected chi connectivity index (χ4v) is 4.20. The molecule has 3 heterocycles. The van der Waals surface area contributed by atoms with Gasteiger partial charge in [-0.3, -0.25) is 9.48 Å². The number of aromatic nitrogens is 4. The summed E-state index contributed by atoms with van der Waals surface area (Å²) in [6, 6.07) is 6.75. The molecule has 2 atom stereocenters. The fraction of sp³-hybridized carbons (Fsp3) is 0.300. The lowest BCUT2D eigenvalue weighted by Crippen LogP contribution is -2.39. The van der Waals surface area contributed by atoms with Crippen LogP contribution < -0.4 is 10.6 Å². The lowest BCUT2D eigenvalue weighted by atomic mass is 9.87. The van der Waals surface area contributed by atoms with Crippen molar-refractivity contribution in [2.24, 2.45) is 18.0 Å². The van der Waals surface area contributed by atoms with Crippen LogP contribution >= 0.6 is 23.2 Å². The van der Waals surface area contributed by atoms with Crippen molar-refractivity contribution in [2.75, 3.05) is 17.7 Å². The van der Waals surface area contributed by atoms with Gasteiger partial charge in [0.15, 0.2) is 5.82 Å². The van der Waals surface area contributed by atoms with Gasteiger partial charge in [-0.05, 0) is 31.5 Å². The highest BCUT2D eigenvalue weighted by atomic mass is 35.5. The Bertz CT molecular complexity index is 1160. The van der Waals surface area contributed by atoms with E-state index in [4.69, 9.17) is 23.2 Å². The third kappa shape index (κ3) is 3.36. The first-order valence-electron chi connectivity index (χ1n) is 9.37. The number of aliphatic imine (C=N–C) groups is 1. The maximum absolute atomic E-state index is 13.5. The number of nitrogens with one attached hydrogen (secondary N) is 2. The highest BCUT2D eigenvalue weighted by molar-refractivity contribution is 6.42. The molecule has 30 heavy (non-hydrogen) atoms. The molecule has 0 radical (unpaired) electrons. The van der Waals surface area contributed by atoms with Gasteiger partial charge in [0.1, 0.15) is 17.4 Å². The summed E-state index contributed by atoms with van der Waals surface area (Å²) in [7, 11) is 3.60. The van der Waals surface area contributed by atoms with Gasteiger partial charge in [0.05, 0.1) is 28.0 Å². The van der Waals surface area contributed by atoms with Gasteiger partial charge >= 0.3 is 0 Å². The average Bonchev–Trinajstić information content (AvgIpc) is 3.26. The molecule has 4 rings (SSSR count). The summed E-state index contributed by atoms with van der Waals surface area (Å²) in [5.74, 6) is 0.596. The molecule has 0 aliphatic carbocycles. The molecular formula is C20H21Cl2N7O. The Balaban J connectivity index is 1.78. The predicted molar refractivity (Wildman–Crippen MR) is 119 cm³/mol. The number of halogens is 2. The Morgan fingerprint density at radius 3 is 2.63 bits per heavy atom. The zero-order chi connectivity index (χ0) is 21.6. The Morgan fingerprint density at radius 1 is 1.17 bits per heavy atom. The first-order chi connectivity index (χ1) is 14.3. The Kier molecular flexibility index (Phi) is 5.29. The van der Waals surface area contributed by atoms with E-state index >= 15 is 0 Å². The van der Waals surface area contributed by atoms with Crippen molar-refractivity contribution in [3.8, 4) is 0 Å². The van der Waals surface area contributed by atoms with Crippen molar-refractivity contribution in [1.82, 2.24) is 19.6 Å². The number of amides is 1. The Morgan fingerprint density at radius 2 is 1.93 bits per heavy atom. The van der Waals surface area contributed by atoms with Crippen LogP contribution in [0.15, 0.2) is 35.5 Å². The molecule has 1 aliphatic heterocycles. The monoisotopic (exact) mass is 445 g/mol. The number of anilines is 2. The Labute approximate surface area is 183 Å². The number of nitrogens with zero attached hydrogens (tertiary/aromatic N) is 5. The molecule has 2 unspecified atom stereocenters. The quantitative estimate of drug-likeness (QED) is 0.628. The van der Waals surface area contributed by atoms with Crippen LogP contribution in [0.4, 0.5) is 17.3 Å². The van der Waals surface area contributed by atoms with E-state index in [-0.39, 0.29) is 5.91 Å². The second-order valence-electron chi connectivity index (χ2n) is 7.16. The van der Waals surface area contributed by atoms with Crippen molar-refractivity contribution in [1.29, 1.82) is 0 Å². The highest BCUT2D eigenvalue weighted by Gasteiger charge is 2.39. The van der Waals surface area contributed by atoms with Crippen LogP contribution in [-0.4, -0.2) is 38.2 Å². The van der Waals surface area contributed by atoms with E-state index in [1.807, 2.05) is 33.0 Å². The second kappa shape index (κ2) is 7.77. The molecule has 156 valence electrons. The van der Waals surface area contributed by atoms with Gasteiger partial charge in [0, 0.05) is 25.9 Å². The third-order valence-electron chi connectivity index (χ3n) is 5.24. The molecule has 0 bridgehead atoms. The van der Waals surface area contributed by atoms with E-state index in [2.05, 4.69) is 25.8 Å². The molecule has 2 N–H and O–H groups in total. The molecule has 1 aromatic carbocycles. The molecule has 0 saturated heterocycles. The van der Waals surface area contributed by atoms with Crippen LogP contribution in [0.25, 0.3) is 0 Å². The fourth-order valence-electron chi connectivity index (χ4n) is 3.89. The topological polar surface area (TPSA) is 89.1 Å². The summed E-state index contributed by atoms with van der Waals surface area (Å²) in [5.41, 5.74) is 2.85. The van der Waals surface area contributed by atoms with Crippen LogP contribution in [0.2, 0.25) is 10.0 Å². The molecule has 0 saturated carbocycles. The number of aryl methyl sites for hydroxylation is 2. The largest absolute Gasteiger partial charge is 0.372 e. The molecule has 8 nitrogen and oxygen atoms in total. The number of fused-ring (bicyclic) bond motifs is 1. The zero-order valence-corrected chi connectivity index (χ0v) is 18.5. The number of carbonyl (C=O) groups excluding carboxylic acids is 1. The van der Waals surface area contributed by atoms with E-state index in [0.717, 1.165) is 11.4 Å². The first kappa shape index (κ1) is 20.4. The SMILES string of the molecule is CNc1c(NC(=O)C2C(C)=Nc3ccnn3C2c2ccc(Cl)c(Cl)c2)c(C)nn1C. The van der Waals surface area contributed by atoms with E-state index in [1.54, 1.807) is 34.7 Å². The molecule has 2 aromatic heterocycles. The van der Waals surface area contributed by atoms with Gasteiger partial charge in [-0.25, -0.2) is 9.67 Å². The van der Waals surface area contributed by atoms with Crippen molar-refractivity contribution in [3.63, 3.8) is 0 Å². The van der Waals surface area contributed by atoms with Crippen molar-refractivity contribution >= 4 is 52.1 Å². The van der Waals surface area contributed by atoms with Crippen molar-refractivity contribution in [3.05, 3.63) is 51.8 Å². The van der Waals surface area contributed by atoms with Crippen LogP contribution in [-0.2, 0) is 11.8 Å². The van der Waals surface area contributed by atoms with Gasteiger partial charge < -0.3 is 10.6 Å². The minimum absolute atomic E-state index is 0.207. The number of hydrogen-bond acceptors (Lipinski definition) is 5. The van der Waals surface area contributed by atoms with E-state index in [9.17, 15) is 4.79 Å². The van der Waals surface area contributed by atoms with Gasteiger partial charge in [-0.15, -0.1) is 0 Å². The summed E-state index contributed by atoms with van der Waals surface area (Å²) in [6.07, 6.45) is 1.67. The lowest BCUT2D eigenvalue weighted by molar-refractivity contribution is -0.118. The van der Waals surface area contributed by atoms with Crippen LogP contribution in [0.5, 0.6) is 0 Å². The number of hydrogen-bond donors (Lipinski definition) is 2. The van der Waals surface area contributed by atoms with E-state index in [0.29, 0.717) is 33.0 Å². The van der Waals surface area contributed by atoms with Crippen molar-refractivity contribution in [2.45, 2.75) is 19.9 Å². The standard InChI is InChI=1S/C20H21Cl2N7O/c1-10-16(20(30)26-17-11(2)27-28(4)19(17)23-3)18(29-15(25-10)7-8-24-29)12-5-6-13(21)14(22)9-12/h5-9,16,18,23H,1-4H3,(H,26,30). The summed E-state index contributed by atoms with van der Waals surface area (Å²) >= 11 is 12.4. The van der Waals surface area contributed by atoms with E-state index < -0.39 is 12.0 Å². The number of benzene rings is 1. The van der Waals surface area contributed by atoms with Gasteiger partial charge in [-0.2, -0.15) is 10.2 Å². The smallest absolute Gasteiger partial charge is 0.235 e. The molecule has 1 amide bonds. The van der Waals surface area contributed by atoms with Crippen molar-refractivity contribution < 1.29 is 4.79 Å². The summed E-state index contributed by atoms with van der Waals surface area (Å²) in [4.78, 5) is 18.1. The molecular weight excluding hydrogens is 425 g/mol. The minimum Gasteiger partial charge on any atom is -0.372 e. The third-order valence-corrected chi connectivity index (χ3v) is 5.98. The zero-order valence-electron chi connectivity index (χ0n) is 16.9. The molecule has 0 spiro atoms. The first-order valence-corrected chi connectivity index (χ1v) is 10.1. The van der Waals surface area contributed by atoms with E-state index in [1.165, 1.54) is 0 Å². The number of carbonyl (C=O) groups is 1. The maximum atomic E-state index is 13.5. The summed E-state index contributed by atoms with van der Waals surface area (Å²) in [6.45, 7) is 3.70. The molecule has 1 aliphatic rings. The number of rotatable bonds is 4. The Hall–Kier alpha value is -2.84. The molecule has 3 aromatic rings. The van der Waals surface area contributed by atoms with Gasteiger partial charge in [0.25, 0.3) is 0 Å².